The van der Waals surface area contributed by atoms with Crippen LogP contribution in [0.15, 0.2) is 24.3 Å². The maximum atomic E-state index is 11.8. The number of nitrogens with zero attached hydrogens (tertiary/aromatic N) is 1. The Morgan fingerprint density at radius 3 is 2.14 bits per heavy atom. The van der Waals surface area contributed by atoms with Crippen LogP contribution in [0.2, 0.25) is 0 Å². The SMILES string of the molecule is CN(C)C(=O)c1ccc(C(C=O)NC(=O)OC(C)(C)C)cc1. The van der Waals surface area contributed by atoms with Crippen molar-refractivity contribution in [3.05, 3.63) is 35.4 Å². The summed E-state index contributed by atoms with van der Waals surface area (Å²) in [5.74, 6) is -0.130. The highest BCUT2D eigenvalue weighted by molar-refractivity contribution is 5.94. The Kier molecular flexibility index (Phi) is 5.68. The average molecular weight is 306 g/mol. The largest absolute Gasteiger partial charge is 0.444 e. The number of carbonyl (C=O) groups is 3. The summed E-state index contributed by atoms with van der Waals surface area (Å²) >= 11 is 0. The van der Waals surface area contributed by atoms with Gasteiger partial charge in [0.05, 0.1) is 0 Å². The molecule has 6 heteroatoms. The second-order valence-corrected chi connectivity index (χ2v) is 6.08. The number of carbonyl (C=O) groups excluding carboxylic acids is 3. The second-order valence-electron chi connectivity index (χ2n) is 6.08. The quantitative estimate of drug-likeness (QED) is 0.865. The number of rotatable bonds is 4. The standard InChI is InChI=1S/C16H22N2O4/c1-16(2,3)22-15(21)17-13(10-19)11-6-8-12(9-7-11)14(20)18(4)5/h6-10,13H,1-5H3,(H,17,21). The van der Waals surface area contributed by atoms with E-state index < -0.39 is 17.7 Å². The summed E-state index contributed by atoms with van der Waals surface area (Å²) in [4.78, 5) is 36.2. The van der Waals surface area contributed by atoms with Gasteiger partial charge in [-0.2, -0.15) is 0 Å². The fourth-order valence-corrected chi connectivity index (χ4v) is 1.72. The van der Waals surface area contributed by atoms with E-state index in [9.17, 15) is 14.4 Å². The van der Waals surface area contributed by atoms with Crippen LogP contribution >= 0.6 is 0 Å². The molecule has 1 aromatic rings. The molecular weight excluding hydrogens is 284 g/mol. The molecule has 0 aromatic heterocycles. The third-order valence-corrected chi connectivity index (χ3v) is 2.73. The van der Waals surface area contributed by atoms with E-state index >= 15 is 0 Å². The van der Waals surface area contributed by atoms with Gasteiger partial charge in [0.1, 0.15) is 17.9 Å². The molecule has 1 unspecified atom stereocenters. The third kappa shape index (κ3) is 5.20. The van der Waals surface area contributed by atoms with Gasteiger partial charge >= 0.3 is 6.09 Å². The fourth-order valence-electron chi connectivity index (χ4n) is 1.72. The zero-order valence-electron chi connectivity index (χ0n) is 13.5. The van der Waals surface area contributed by atoms with E-state index in [-0.39, 0.29) is 5.91 Å². The van der Waals surface area contributed by atoms with E-state index in [2.05, 4.69) is 5.32 Å². The van der Waals surface area contributed by atoms with Crippen LogP contribution < -0.4 is 5.32 Å². The highest BCUT2D eigenvalue weighted by atomic mass is 16.6. The van der Waals surface area contributed by atoms with Crippen molar-refractivity contribution in [3.8, 4) is 0 Å². The van der Waals surface area contributed by atoms with Gasteiger partial charge in [0.2, 0.25) is 0 Å². The molecule has 0 aliphatic heterocycles. The molecule has 1 N–H and O–H groups in total. The molecule has 0 saturated carbocycles. The second kappa shape index (κ2) is 7.06. The first-order valence-corrected chi connectivity index (χ1v) is 6.90. The normalized spacial score (nSPS) is 12.2. The van der Waals surface area contributed by atoms with Crippen molar-refractivity contribution < 1.29 is 19.1 Å². The van der Waals surface area contributed by atoms with Gasteiger partial charge in [-0.25, -0.2) is 4.79 Å². The van der Waals surface area contributed by atoms with Crippen molar-refractivity contribution in [2.24, 2.45) is 0 Å². The predicted molar refractivity (Wildman–Crippen MR) is 82.6 cm³/mol. The Morgan fingerprint density at radius 2 is 1.73 bits per heavy atom. The van der Waals surface area contributed by atoms with Crippen LogP contribution in [0.5, 0.6) is 0 Å². The van der Waals surface area contributed by atoms with Crippen molar-refractivity contribution in [1.29, 1.82) is 0 Å². The highest BCUT2D eigenvalue weighted by Gasteiger charge is 2.20. The van der Waals surface area contributed by atoms with Crippen LogP contribution in [-0.4, -0.2) is 42.9 Å². The molecule has 0 aliphatic carbocycles. The summed E-state index contributed by atoms with van der Waals surface area (Å²) in [7, 11) is 3.32. The van der Waals surface area contributed by atoms with Gasteiger partial charge < -0.3 is 19.7 Å². The van der Waals surface area contributed by atoms with E-state index in [0.717, 1.165) is 0 Å². The molecule has 1 aromatic carbocycles. The molecule has 22 heavy (non-hydrogen) atoms. The lowest BCUT2D eigenvalue weighted by Gasteiger charge is -2.21. The zero-order valence-corrected chi connectivity index (χ0v) is 13.5. The monoisotopic (exact) mass is 306 g/mol. The molecule has 120 valence electrons. The molecule has 0 aliphatic rings. The van der Waals surface area contributed by atoms with Crippen LogP contribution in [0.25, 0.3) is 0 Å². The highest BCUT2D eigenvalue weighted by Crippen LogP contribution is 2.14. The van der Waals surface area contributed by atoms with Crippen molar-refractivity contribution in [2.75, 3.05) is 14.1 Å². The van der Waals surface area contributed by atoms with Crippen LogP contribution in [0.4, 0.5) is 4.79 Å². The van der Waals surface area contributed by atoms with Gasteiger partial charge in [0.25, 0.3) is 5.91 Å². The van der Waals surface area contributed by atoms with Crippen molar-refractivity contribution in [1.82, 2.24) is 10.2 Å². The van der Waals surface area contributed by atoms with Crippen LogP contribution in [0.1, 0.15) is 42.7 Å². The fraction of sp³-hybridized carbons (Fsp3) is 0.438. The van der Waals surface area contributed by atoms with Crippen molar-refractivity contribution >= 4 is 18.3 Å². The number of benzene rings is 1. The Morgan fingerprint density at radius 1 is 1.18 bits per heavy atom. The minimum Gasteiger partial charge on any atom is -0.444 e. The predicted octanol–water partition coefficient (Wildman–Crippen LogP) is 2.15. The molecule has 1 atom stereocenters. The first-order valence-electron chi connectivity index (χ1n) is 6.90. The van der Waals surface area contributed by atoms with Crippen LogP contribution in [0.3, 0.4) is 0 Å². The zero-order chi connectivity index (χ0) is 16.9. The molecule has 6 nitrogen and oxygen atoms in total. The van der Waals surface area contributed by atoms with Gasteiger partial charge in [0, 0.05) is 19.7 Å². The van der Waals surface area contributed by atoms with Crippen molar-refractivity contribution in [2.45, 2.75) is 32.4 Å². The molecule has 0 bridgehead atoms. The van der Waals surface area contributed by atoms with Gasteiger partial charge in [0.15, 0.2) is 0 Å². The summed E-state index contributed by atoms with van der Waals surface area (Å²) in [6, 6.07) is 5.68. The topological polar surface area (TPSA) is 75.7 Å². The van der Waals surface area contributed by atoms with Gasteiger partial charge in [-0.3, -0.25) is 4.79 Å². The molecule has 0 saturated heterocycles. The Balaban J connectivity index is 2.81. The molecule has 0 heterocycles. The van der Waals surface area contributed by atoms with Crippen LogP contribution in [-0.2, 0) is 9.53 Å². The first kappa shape index (κ1) is 17.7. The third-order valence-electron chi connectivity index (χ3n) is 2.73. The van der Waals surface area contributed by atoms with E-state index in [4.69, 9.17) is 4.74 Å². The molecule has 2 amide bonds. The lowest BCUT2D eigenvalue weighted by atomic mass is 10.1. The number of hydrogen-bond acceptors (Lipinski definition) is 4. The molecule has 1 rings (SSSR count). The summed E-state index contributed by atoms with van der Waals surface area (Å²) in [6.45, 7) is 5.22. The van der Waals surface area contributed by atoms with Crippen molar-refractivity contribution in [3.63, 3.8) is 0 Å². The number of ether oxygens (including phenoxy) is 1. The summed E-state index contributed by atoms with van der Waals surface area (Å²) in [5.41, 5.74) is 0.450. The maximum Gasteiger partial charge on any atom is 0.408 e. The van der Waals surface area contributed by atoms with E-state index in [0.29, 0.717) is 17.4 Å². The average Bonchev–Trinajstić information content (AvgIpc) is 2.42. The Bertz CT molecular complexity index is 544. The summed E-state index contributed by atoms with van der Waals surface area (Å²) in [6.07, 6.45) is -0.0507. The van der Waals surface area contributed by atoms with E-state index in [1.807, 2.05) is 0 Å². The van der Waals surface area contributed by atoms with Gasteiger partial charge in [-0.05, 0) is 38.5 Å². The Hall–Kier alpha value is -2.37. The number of alkyl carbamates (subject to hydrolysis) is 1. The number of nitrogens with one attached hydrogen (secondary N) is 1. The smallest absolute Gasteiger partial charge is 0.408 e. The van der Waals surface area contributed by atoms with Gasteiger partial charge in [-0.15, -0.1) is 0 Å². The molecule has 0 spiro atoms. The van der Waals surface area contributed by atoms with Crippen LogP contribution in [0, 0.1) is 0 Å². The van der Waals surface area contributed by atoms with E-state index in [1.165, 1.54) is 4.90 Å². The molecule has 0 radical (unpaired) electrons. The minimum absolute atomic E-state index is 0.130. The number of hydrogen-bond donors (Lipinski definition) is 1. The summed E-state index contributed by atoms with van der Waals surface area (Å²) in [5, 5.41) is 2.49. The Labute approximate surface area is 130 Å². The number of amides is 2. The number of aldehydes is 1. The maximum absolute atomic E-state index is 11.8. The first-order chi connectivity index (χ1) is 10.1. The lowest BCUT2D eigenvalue weighted by molar-refractivity contribution is -0.109. The lowest BCUT2D eigenvalue weighted by Crippen LogP contribution is -2.35. The molecular formula is C16H22N2O4. The van der Waals surface area contributed by atoms with E-state index in [1.54, 1.807) is 59.1 Å². The minimum atomic E-state index is -0.821. The van der Waals surface area contributed by atoms with Gasteiger partial charge in [-0.1, -0.05) is 12.1 Å². The molecule has 0 fully saturated rings. The summed E-state index contributed by atoms with van der Waals surface area (Å²) < 4.78 is 5.12.